The number of benzene rings is 1. The molecule has 0 amide bonds. The Balaban J connectivity index is 1.43. The van der Waals surface area contributed by atoms with Gasteiger partial charge in [-0.05, 0) is 84.8 Å². The van der Waals surface area contributed by atoms with Crippen LogP contribution in [0, 0.1) is 34.5 Å². The van der Waals surface area contributed by atoms with Crippen LogP contribution >= 0.6 is 0 Å². The molecule has 0 unspecified atom stereocenters. The van der Waals surface area contributed by atoms with Gasteiger partial charge in [0, 0.05) is 12.3 Å². The predicted octanol–water partition coefficient (Wildman–Crippen LogP) is 6.20. The summed E-state index contributed by atoms with van der Waals surface area (Å²) in [6.45, 7) is 13.2. The number of carbonyl (C=O) groups excluding carboxylic acids is 1. The number of rotatable bonds is 1. The van der Waals surface area contributed by atoms with Crippen LogP contribution in [-0.4, -0.2) is 23.8 Å². The molecule has 0 spiro atoms. The standard InChI is InChI=1S/C29H36O3/c1-17-16-29(5)21-13-14-28(4)19(18-9-7-6-8-10-18)11-12-20(28)24(21)26-25(22(29)15-23(17)30)31-27(2,3)32-26/h6-11,20-22,24-26H,1,12-16H2,2-5H3/t20-,21-,22+,24-,25+,26+,28+,29+/m0/s1. The lowest BCUT2D eigenvalue weighted by Gasteiger charge is -2.62. The van der Waals surface area contributed by atoms with E-state index in [2.05, 4.69) is 56.8 Å². The first-order valence-electron chi connectivity index (χ1n) is 12.5. The van der Waals surface area contributed by atoms with Crippen molar-refractivity contribution >= 4 is 11.4 Å². The maximum atomic E-state index is 12.7. The topological polar surface area (TPSA) is 35.5 Å². The van der Waals surface area contributed by atoms with E-state index >= 15 is 0 Å². The number of hydrogen-bond acceptors (Lipinski definition) is 3. The van der Waals surface area contributed by atoms with Gasteiger partial charge in [-0.2, -0.15) is 0 Å². The van der Waals surface area contributed by atoms with Crippen LogP contribution in [0.15, 0.2) is 48.6 Å². The minimum atomic E-state index is -0.592. The molecular weight excluding hydrogens is 396 g/mol. The lowest BCUT2D eigenvalue weighted by atomic mass is 9.43. The molecule has 32 heavy (non-hydrogen) atoms. The van der Waals surface area contributed by atoms with Crippen molar-refractivity contribution < 1.29 is 14.3 Å². The molecule has 0 aromatic heterocycles. The Morgan fingerprint density at radius 1 is 0.969 bits per heavy atom. The number of ether oxygens (including phenoxy) is 2. The molecule has 1 aromatic carbocycles. The van der Waals surface area contributed by atoms with Gasteiger partial charge in [-0.25, -0.2) is 0 Å². The highest BCUT2D eigenvalue weighted by Gasteiger charge is 2.68. The van der Waals surface area contributed by atoms with Crippen molar-refractivity contribution in [3.05, 3.63) is 54.1 Å². The van der Waals surface area contributed by atoms with Gasteiger partial charge in [0.05, 0.1) is 12.2 Å². The van der Waals surface area contributed by atoms with Gasteiger partial charge in [-0.1, -0.05) is 56.8 Å². The largest absolute Gasteiger partial charge is 0.344 e. The van der Waals surface area contributed by atoms with Gasteiger partial charge in [0.25, 0.3) is 0 Å². The summed E-state index contributed by atoms with van der Waals surface area (Å²) < 4.78 is 13.3. The van der Waals surface area contributed by atoms with Crippen molar-refractivity contribution in [1.29, 1.82) is 0 Å². The van der Waals surface area contributed by atoms with Gasteiger partial charge < -0.3 is 9.47 Å². The van der Waals surface area contributed by atoms with Gasteiger partial charge in [0.1, 0.15) is 0 Å². The van der Waals surface area contributed by atoms with Crippen LogP contribution in [-0.2, 0) is 14.3 Å². The molecule has 1 aliphatic heterocycles. The molecule has 6 rings (SSSR count). The molecule has 8 atom stereocenters. The van der Waals surface area contributed by atoms with Crippen molar-refractivity contribution in [3.8, 4) is 0 Å². The van der Waals surface area contributed by atoms with Crippen LogP contribution < -0.4 is 0 Å². The van der Waals surface area contributed by atoms with Crippen LogP contribution in [0.4, 0.5) is 0 Å². The zero-order valence-electron chi connectivity index (χ0n) is 19.9. The molecule has 170 valence electrons. The highest BCUT2D eigenvalue weighted by molar-refractivity contribution is 5.96. The SMILES string of the molecule is C=C1C[C@@]2(C)[C@H](CC1=O)[C@H]1OC(C)(C)O[C@@H]1[C@@H]1[C@@H]2CC[C@]2(C)C(c3ccccc3)=CC[C@@H]12. The van der Waals surface area contributed by atoms with Crippen LogP contribution in [0.1, 0.15) is 65.4 Å². The first-order valence-corrected chi connectivity index (χ1v) is 12.5. The third-order valence-electron chi connectivity index (χ3n) is 10.0. The Kier molecular flexibility index (Phi) is 4.35. The molecule has 3 saturated carbocycles. The Labute approximate surface area is 192 Å². The summed E-state index contributed by atoms with van der Waals surface area (Å²) in [5.41, 5.74) is 3.92. The summed E-state index contributed by atoms with van der Waals surface area (Å²) in [6.07, 6.45) is 7.44. The normalized spacial score (nSPS) is 46.7. The zero-order chi connectivity index (χ0) is 22.5. The van der Waals surface area contributed by atoms with Gasteiger partial charge in [-0.3, -0.25) is 4.79 Å². The number of hydrogen-bond donors (Lipinski definition) is 0. The smallest absolute Gasteiger partial charge is 0.163 e. The molecule has 3 heteroatoms. The summed E-state index contributed by atoms with van der Waals surface area (Å²) in [5.74, 6) is 1.39. The third-order valence-corrected chi connectivity index (χ3v) is 10.0. The summed E-state index contributed by atoms with van der Waals surface area (Å²) >= 11 is 0. The lowest BCUT2D eigenvalue weighted by Crippen LogP contribution is -2.63. The third kappa shape index (κ3) is 2.70. The summed E-state index contributed by atoms with van der Waals surface area (Å²) in [5, 5.41) is 0. The minimum absolute atomic E-state index is 0.00331. The van der Waals surface area contributed by atoms with Crippen LogP contribution in [0.25, 0.3) is 5.57 Å². The van der Waals surface area contributed by atoms with Crippen LogP contribution in [0.2, 0.25) is 0 Å². The number of fused-ring (bicyclic) bond motifs is 8. The van der Waals surface area contributed by atoms with E-state index < -0.39 is 5.79 Å². The molecule has 4 aliphatic carbocycles. The van der Waals surface area contributed by atoms with Crippen LogP contribution in [0.3, 0.4) is 0 Å². The maximum absolute atomic E-state index is 12.7. The van der Waals surface area contributed by atoms with Crippen molar-refractivity contribution in [2.45, 2.75) is 77.8 Å². The average Bonchev–Trinajstić information content (AvgIpc) is 3.26. The van der Waals surface area contributed by atoms with Gasteiger partial charge in [-0.15, -0.1) is 0 Å². The number of allylic oxidation sites excluding steroid dienone is 3. The Morgan fingerprint density at radius 2 is 1.69 bits per heavy atom. The molecule has 0 bridgehead atoms. The van der Waals surface area contributed by atoms with E-state index in [4.69, 9.17) is 9.47 Å². The Hall–Kier alpha value is -1.71. The lowest BCUT2D eigenvalue weighted by molar-refractivity contribution is -0.168. The van der Waals surface area contributed by atoms with Crippen LogP contribution in [0.5, 0.6) is 0 Å². The summed E-state index contributed by atoms with van der Waals surface area (Å²) in [6, 6.07) is 10.9. The quantitative estimate of drug-likeness (QED) is 0.496. The Morgan fingerprint density at radius 3 is 2.44 bits per heavy atom. The highest BCUT2D eigenvalue weighted by Crippen LogP contribution is 2.69. The van der Waals surface area contributed by atoms with E-state index in [1.54, 1.807) is 0 Å². The second-order valence-corrected chi connectivity index (χ2v) is 12.1. The van der Waals surface area contributed by atoms with E-state index in [1.165, 1.54) is 24.0 Å². The monoisotopic (exact) mass is 432 g/mol. The zero-order valence-corrected chi connectivity index (χ0v) is 19.9. The van der Waals surface area contributed by atoms with Crippen molar-refractivity contribution in [2.24, 2.45) is 34.5 Å². The molecule has 1 aromatic rings. The molecular formula is C29H36O3. The number of carbonyl (C=O) groups is 1. The molecule has 1 heterocycles. The van der Waals surface area contributed by atoms with Gasteiger partial charge in [0.15, 0.2) is 11.6 Å². The van der Waals surface area contributed by atoms with E-state index in [0.29, 0.717) is 24.2 Å². The fourth-order valence-corrected chi connectivity index (χ4v) is 8.65. The summed E-state index contributed by atoms with van der Waals surface area (Å²) in [4.78, 5) is 12.7. The molecule has 4 fully saturated rings. The van der Waals surface area contributed by atoms with E-state index in [9.17, 15) is 4.79 Å². The molecule has 5 aliphatic rings. The number of ketones is 1. The highest BCUT2D eigenvalue weighted by atomic mass is 16.8. The summed E-state index contributed by atoms with van der Waals surface area (Å²) in [7, 11) is 0. The average molecular weight is 433 g/mol. The molecule has 3 nitrogen and oxygen atoms in total. The minimum Gasteiger partial charge on any atom is -0.344 e. The predicted molar refractivity (Wildman–Crippen MR) is 126 cm³/mol. The van der Waals surface area contributed by atoms with Gasteiger partial charge in [0.2, 0.25) is 0 Å². The molecule has 1 saturated heterocycles. The second kappa shape index (κ2) is 6.67. The van der Waals surface area contributed by atoms with E-state index in [1.807, 2.05) is 13.8 Å². The van der Waals surface area contributed by atoms with Crippen molar-refractivity contribution in [3.63, 3.8) is 0 Å². The molecule has 0 N–H and O–H groups in total. The fourth-order valence-electron chi connectivity index (χ4n) is 8.65. The first-order chi connectivity index (χ1) is 15.1. The molecule has 0 radical (unpaired) electrons. The maximum Gasteiger partial charge on any atom is 0.163 e. The van der Waals surface area contributed by atoms with E-state index in [0.717, 1.165) is 18.4 Å². The van der Waals surface area contributed by atoms with Gasteiger partial charge >= 0.3 is 0 Å². The second-order valence-electron chi connectivity index (χ2n) is 12.1. The fraction of sp³-hybridized carbons (Fsp3) is 0.621. The number of Topliss-reactive ketones (excluding diaryl/α,β-unsaturated/α-hetero) is 1. The Bertz CT molecular complexity index is 1010. The van der Waals surface area contributed by atoms with Crippen molar-refractivity contribution in [2.75, 3.05) is 0 Å². The van der Waals surface area contributed by atoms with Crippen molar-refractivity contribution in [1.82, 2.24) is 0 Å². The van der Waals surface area contributed by atoms with E-state index in [-0.39, 0.29) is 34.7 Å². The first kappa shape index (κ1) is 20.9.